The van der Waals surface area contributed by atoms with Crippen molar-refractivity contribution in [2.75, 3.05) is 17.1 Å². The van der Waals surface area contributed by atoms with Crippen LogP contribution in [0.2, 0.25) is 5.02 Å². The second-order valence-corrected chi connectivity index (χ2v) is 11.7. The van der Waals surface area contributed by atoms with Crippen LogP contribution < -0.4 is 9.62 Å². The summed E-state index contributed by atoms with van der Waals surface area (Å²) >= 11 is 6.32. The van der Waals surface area contributed by atoms with E-state index in [0.717, 1.165) is 28.8 Å². The Bertz CT molecular complexity index is 1240. The predicted octanol–water partition coefficient (Wildman–Crippen LogP) is 5.63. The Hall–Kier alpha value is -2.79. The lowest BCUT2D eigenvalue weighted by Crippen LogP contribution is -2.50. The molecule has 216 valence electrons. The molecule has 0 aliphatic carbocycles. The second kappa shape index (κ2) is 14.0. The lowest BCUT2D eigenvalue weighted by molar-refractivity contribution is -0.141. The highest BCUT2D eigenvalue weighted by Gasteiger charge is 2.32. The van der Waals surface area contributed by atoms with Gasteiger partial charge < -0.3 is 10.2 Å². The van der Waals surface area contributed by atoms with Crippen molar-refractivity contribution in [2.45, 2.75) is 71.3 Å². The maximum Gasteiger partial charge on any atom is 0.416 e. The minimum absolute atomic E-state index is 0.0184. The highest BCUT2D eigenvalue weighted by Crippen LogP contribution is 2.32. The Kier molecular flexibility index (Phi) is 11.7. The van der Waals surface area contributed by atoms with Crippen molar-refractivity contribution in [3.05, 3.63) is 64.7 Å². The number of anilines is 1. The Labute approximate surface area is 233 Å². The third-order valence-electron chi connectivity index (χ3n) is 6.30. The zero-order chi connectivity index (χ0) is 29.4. The van der Waals surface area contributed by atoms with Crippen molar-refractivity contribution < 1.29 is 31.2 Å². The normalized spacial score (nSPS) is 13.4. The van der Waals surface area contributed by atoms with Crippen molar-refractivity contribution in [1.29, 1.82) is 0 Å². The van der Waals surface area contributed by atoms with Gasteiger partial charge >= 0.3 is 6.18 Å². The summed E-state index contributed by atoms with van der Waals surface area (Å²) in [5.41, 5.74) is -0.482. The van der Waals surface area contributed by atoms with Crippen LogP contribution in [0.5, 0.6) is 0 Å². The van der Waals surface area contributed by atoms with Crippen molar-refractivity contribution in [3.63, 3.8) is 0 Å². The van der Waals surface area contributed by atoms with Gasteiger partial charge in [0.05, 0.1) is 17.5 Å². The molecule has 0 spiro atoms. The summed E-state index contributed by atoms with van der Waals surface area (Å²) in [6.07, 6.45) is -2.83. The quantitative estimate of drug-likeness (QED) is 0.328. The fourth-order valence-corrected chi connectivity index (χ4v) is 5.16. The van der Waals surface area contributed by atoms with Crippen LogP contribution in [0.1, 0.15) is 57.6 Å². The van der Waals surface area contributed by atoms with Gasteiger partial charge in [-0.2, -0.15) is 13.2 Å². The van der Waals surface area contributed by atoms with Crippen LogP contribution in [-0.2, 0) is 32.3 Å². The van der Waals surface area contributed by atoms with E-state index in [1.807, 2.05) is 13.8 Å². The molecular weight excluding hydrogens is 555 g/mol. The van der Waals surface area contributed by atoms with Gasteiger partial charge in [-0.15, -0.1) is 0 Å². The smallest absolute Gasteiger partial charge is 0.352 e. The minimum atomic E-state index is -4.64. The summed E-state index contributed by atoms with van der Waals surface area (Å²) in [5, 5.41) is 3.34. The van der Waals surface area contributed by atoms with Crippen LogP contribution in [-0.4, -0.2) is 50.0 Å². The number of carbonyl (C=O) groups is 2. The first-order valence-corrected chi connectivity index (χ1v) is 14.9. The Balaban J connectivity index is 2.28. The minimum Gasteiger partial charge on any atom is -0.352 e. The molecule has 0 bridgehead atoms. The number of hydrogen-bond acceptors (Lipinski definition) is 4. The topological polar surface area (TPSA) is 86.8 Å². The summed E-state index contributed by atoms with van der Waals surface area (Å²) in [4.78, 5) is 27.9. The van der Waals surface area contributed by atoms with Gasteiger partial charge in [-0.05, 0) is 56.0 Å². The predicted molar refractivity (Wildman–Crippen MR) is 147 cm³/mol. The SMILES string of the molecule is CC[C@@H](C)NC(=O)[C@@H](CC)N(Cc1ccccc1Cl)C(=O)CCCN(c1cccc(C(F)(F)F)c1)S(C)(=O)=O. The summed E-state index contributed by atoms with van der Waals surface area (Å²) in [7, 11) is -3.94. The van der Waals surface area contributed by atoms with Crippen LogP contribution in [0.25, 0.3) is 0 Å². The molecule has 2 aromatic carbocycles. The molecule has 0 unspecified atom stereocenters. The van der Waals surface area contributed by atoms with E-state index in [2.05, 4.69) is 5.32 Å². The van der Waals surface area contributed by atoms with Gasteiger partial charge in [0.2, 0.25) is 21.8 Å². The van der Waals surface area contributed by atoms with Gasteiger partial charge in [-0.25, -0.2) is 8.42 Å². The second-order valence-electron chi connectivity index (χ2n) is 9.34. The summed E-state index contributed by atoms with van der Waals surface area (Å²) in [6.45, 7) is 5.41. The maximum absolute atomic E-state index is 13.5. The lowest BCUT2D eigenvalue weighted by atomic mass is 10.1. The highest BCUT2D eigenvalue weighted by atomic mass is 35.5. The number of carbonyl (C=O) groups excluding carboxylic acids is 2. The van der Waals surface area contributed by atoms with E-state index in [0.29, 0.717) is 23.4 Å². The molecule has 1 N–H and O–H groups in total. The Morgan fingerprint density at radius 3 is 2.28 bits per heavy atom. The van der Waals surface area contributed by atoms with Crippen LogP contribution >= 0.6 is 11.6 Å². The third-order valence-corrected chi connectivity index (χ3v) is 7.86. The fourth-order valence-electron chi connectivity index (χ4n) is 4.01. The number of nitrogens with one attached hydrogen (secondary N) is 1. The van der Waals surface area contributed by atoms with Crippen LogP contribution in [0, 0.1) is 0 Å². The Morgan fingerprint density at radius 2 is 1.72 bits per heavy atom. The number of hydrogen-bond donors (Lipinski definition) is 1. The third kappa shape index (κ3) is 9.42. The molecule has 0 fully saturated rings. The van der Waals surface area contributed by atoms with E-state index in [1.54, 1.807) is 31.2 Å². The monoisotopic (exact) mass is 589 g/mol. The molecule has 0 saturated carbocycles. The zero-order valence-electron chi connectivity index (χ0n) is 22.5. The van der Waals surface area contributed by atoms with Crippen molar-refractivity contribution >= 4 is 39.1 Å². The summed E-state index contributed by atoms with van der Waals surface area (Å²) in [5.74, 6) is -0.715. The standard InChI is InChI=1S/C27H35ClF3N3O4S/c1-5-19(3)32-26(36)24(6-2)33(18-20-11-7-8-14-23(20)28)25(35)15-10-16-34(39(4,37)38)22-13-9-12-21(17-22)27(29,30)31/h7-9,11-14,17,19,24H,5-6,10,15-16,18H2,1-4H3,(H,32,36)/t19-,24-/m1/s1. The van der Waals surface area contributed by atoms with Gasteiger partial charge in [0.1, 0.15) is 6.04 Å². The van der Waals surface area contributed by atoms with E-state index in [9.17, 15) is 31.2 Å². The first-order valence-electron chi connectivity index (χ1n) is 12.7. The van der Waals surface area contributed by atoms with Crippen molar-refractivity contribution in [3.8, 4) is 0 Å². The molecule has 12 heteroatoms. The van der Waals surface area contributed by atoms with E-state index in [4.69, 9.17) is 11.6 Å². The molecule has 0 aliphatic rings. The Morgan fingerprint density at radius 1 is 1.05 bits per heavy atom. The van der Waals surface area contributed by atoms with Gasteiger partial charge in [-0.1, -0.05) is 49.7 Å². The average Bonchev–Trinajstić information content (AvgIpc) is 2.86. The molecule has 39 heavy (non-hydrogen) atoms. The van der Waals surface area contributed by atoms with Crippen LogP contribution in [0.3, 0.4) is 0 Å². The molecule has 2 aromatic rings. The maximum atomic E-state index is 13.5. The van der Waals surface area contributed by atoms with E-state index < -0.39 is 33.7 Å². The molecule has 2 rings (SSSR count). The van der Waals surface area contributed by atoms with Gasteiger partial charge in [0, 0.05) is 30.6 Å². The van der Waals surface area contributed by atoms with Gasteiger partial charge in [-0.3, -0.25) is 13.9 Å². The summed E-state index contributed by atoms with van der Waals surface area (Å²) in [6, 6.07) is 10.1. The zero-order valence-corrected chi connectivity index (χ0v) is 24.0. The number of amides is 2. The first-order chi connectivity index (χ1) is 18.2. The number of alkyl halides is 3. The van der Waals surface area contributed by atoms with E-state index >= 15 is 0 Å². The molecule has 0 saturated heterocycles. The average molecular weight is 590 g/mol. The molecule has 7 nitrogen and oxygen atoms in total. The fraction of sp³-hybridized carbons (Fsp3) is 0.481. The number of rotatable bonds is 13. The van der Waals surface area contributed by atoms with Gasteiger partial charge in [0.15, 0.2) is 0 Å². The van der Waals surface area contributed by atoms with Crippen molar-refractivity contribution in [1.82, 2.24) is 10.2 Å². The lowest BCUT2D eigenvalue weighted by Gasteiger charge is -2.32. The largest absolute Gasteiger partial charge is 0.416 e. The van der Waals surface area contributed by atoms with Crippen LogP contribution in [0.4, 0.5) is 18.9 Å². The molecule has 0 aliphatic heterocycles. The van der Waals surface area contributed by atoms with E-state index in [1.165, 1.54) is 11.0 Å². The number of nitrogens with zero attached hydrogens (tertiary/aromatic N) is 2. The van der Waals surface area contributed by atoms with Gasteiger partial charge in [0.25, 0.3) is 0 Å². The van der Waals surface area contributed by atoms with Crippen molar-refractivity contribution in [2.24, 2.45) is 0 Å². The van der Waals surface area contributed by atoms with E-state index in [-0.39, 0.29) is 43.6 Å². The number of sulfonamides is 1. The molecule has 2 amide bonds. The molecule has 0 heterocycles. The van der Waals surface area contributed by atoms with Crippen LogP contribution in [0.15, 0.2) is 48.5 Å². The molecular formula is C27H35ClF3N3O4S. The molecule has 0 aromatic heterocycles. The number of benzene rings is 2. The first kappa shape index (κ1) is 32.4. The molecule has 2 atom stereocenters. The number of halogens is 4. The summed E-state index contributed by atoms with van der Waals surface area (Å²) < 4.78 is 65.3. The highest BCUT2D eigenvalue weighted by molar-refractivity contribution is 7.92. The molecule has 0 radical (unpaired) electrons.